The topological polar surface area (TPSA) is 17.1 Å². The smallest absolute Gasteiger partial charge is 0.159 e. The van der Waals surface area contributed by atoms with Gasteiger partial charge in [0.1, 0.15) is 0 Å². The van der Waals surface area contributed by atoms with Crippen molar-refractivity contribution in [3.63, 3.8) is 0 Å². The Kier molecular flexibility index (Phi) is 1.51. The highest BCUT2D eigenvalue weighted by Crippen LogP contribution is 2.10. The van der Waals surface area contributed by atoms with Crippen LogP contribution < -0.4 is 0 Å². The fourth-order valence-electron chi connectivity index (χ4n) is 0.569. The van der Waals surface area contributed by atoms with E-state index in [4.69, 9.17) is 2.74 Å². The van der Waals surface area contributed by atoms with E-state index in [0.717, 1.165) is 0 Å². The summed E-state index contributed by atoms with van der Waals surface area (Å²) >= 11 is 3.14. The van der Waals surface area contributed by atoms with Crippen LogP contribution in [-0.2, 0) is 0 Å². The maximum absolute atomic E-state index is 10.9. The quantitative estimate of drug-likeness (QED) is 0.638. The molecule has 0 aliphatic heterocycles. The van der Waals surface area contributed by atoms with Crippen molar-refractivity contribution in [2.24, 2.45) is 0 Å². The lowest BCUT2D eigenvalue weighted by Gasteiger charge is -1.92. The van der Waals surface area contributed by atoms with E-state index in [0.29, 0.717) is 4.47 Å². The average Bonchev–Trinajstić information content (AvgIpc) is 1.82. The number of halogens is 1. The summed E-state index contributed by atoms with van der Waals surface area (Å²) in [6.07, 6.45) is 0. The molecule has 0 bridgehead atoms. The van der Waals surface area contributed by atoms with Gasteiger partial charge >= 0.3 is 0 Å². The van der Waals surface area contributed by atoms with E-state index in [9.17, 15) is 4.79 Å². The number of carbonyl (C=O) groups is 1. The standard InChI is InChI=1S/C8H7BrO/c1-6(10)7-2-4-8(9)5-3-7/h2-5H,1H3/i2D,3D. The molecule has 1 rings (SSSR count). The predicted octanol–water partition coefficient (Wildman–Crippen LogP) is 2.65. The first-order valence-electron chi connectivity index (χ1n) is 3.80. The van der Waals surface area contributed by atoms with E-state index in [1.807, 2.05) is 0 Å². The zero-order valence-electron chi connectivity index (χ0n) is 7.44. The first-order chi connectivity index (χ1) is 5.52. The van der Waals surface area contributed by atoms with E-state index >= 15 is 0 Å². The lowest BCUT2D eigenvalue weighted by molar-refractivity contribution is 0.101. The summed E-state index contributed by atoms with van der Waals surface area (Å²) in [5, 5.41) is 0. The zero-order chi connectivity index (χ0) is 9.30. The second kappa shape index (κ2) is 2.97. The molecule has 1 nitrogen and oxygen atoms in total. The molecule has 0 heterocycles. The summed E-state index contributed by atoms with van der Waals surface area (Å²) in [4.78, 5) is 10.9. The molecule has 0 amide bonds. The zero-order valence-corrected chi connectivity index (χ0v) is 7.03. The monoisotopic (exact) mass is 200 g/mol. The summed E-state index contributed by atoms with van der Waals surface area (Å²) in [6.45, 7) is 1.36. The molecule has 0 atom stereocenters. The molecule has 0 N–H and O–H groups in total. The Balaban J connectivity index is 3.38. The van der Waals surface area contributed by atoms with E-state index in [2.05, 4.69) is 15.9 Å². The number of ketones is 1. The molecule has 1 aromatic carbocycles. The summed E-state index contributed by atoms with van der Waals surface area (Å²) in [5.74, 6) is -0.238. The van der Waals surface area contributed by atoms with Crippen LogP contribution in [-0.4, -0.2) is 5.78 Å². The Morgan fingerprint density at radius 2 is 2.10 bits per heavy atom. The highest BCUT2D eigenvalue weighted by molar-refractivity contribution is 9.10. The molecule has 1 aromatic rings. The third kappa shape index (κ3) is 1.67. The second-order valence-electron chi connectivity index (χ2n) is 1.89. The van der Waals surface area contributed by atoms with Gasteiger partial charge in [0.15, 0.2) is 5.78 Å². The minimum absolute atomic E-state index is 0.0990. The van der Waals surface area contributed by atoms with Crippen molar-refractivity contribution in [3.05, 3.63) is 34.3 Å². The normalized spacial score (nSPS) is 12.2. The SMILES string of the molecule is [2H]c1cc(Br)cc([2H])c1C(C)=O. The molecule has 0 aliphatic carbocycles. The van der Waals surface area contributed by atoms with Gasteiger partial charge in [-0.3, -0.25) is 4.79 Å². The Morgan fingerprint density at radius 3 is 2.50 bits per heavy atom. The van der Waals surface area contributed by atoms with Gasteiger partial charge in [0.2, 0.25) is 0 Å². The molecule has 0 fully saturated rings. The van der Waals surface area contributed by atoms with Gasteiger partial charge < -0.3 is 0 Å². The summed E-state index contributed by atoms with van der Waals surface area (Å²) < 4.78 is 15.5. The van der Waals surface area contributed by atoms with Gasteiger partial charge in [-0.05, 0) is 19.1 Å². The molecule has 2 heteroatoms. The highest BCUT2D eigenvalue weighted by Gasteiger charge is 1.95. The Labute approximate surface area is 71.0 Å². The average molecular weight is 201 g/mol. The number of Topliss-reactive ketones (excluding diaryl/α,β-unsaturated/α-hetero) is 1. The van der Waals surface area contributed by atoms with Gasteiger partial charge in [0.05, 0.1) is 2.74 Å². The van der Waals surface area contributed by atoms with Crippen LogP contribution in [0.15, 0.2) is 28.7 Å². The van der Waals surface area contributed by atoms with E-state index in [1.165, 1.54) is 19.1 Å². The van der Waals surface area contributed by atoms with Gasteiger partial charge in [0, 0.05) is 10.0 Å². The second-order valence-corrected chi connectivity index (χ2v) is 2.81. The molecule has 0 radical (unpaired) electrons. The third-order valence-corrected chi connectivity index (χ3v) is 1.52. The van der Waals surface area contributed by atoms with Crippen molar-refractivity contribution < 1.29 is 7.54 Å². The number of rotatable bonds is 1. The molecule has 0 aliphatic rings. The first kappa shape index (κ1) is 5.08. The van der Waals surface area contributed by atoms with Gasteiger partial charge in [-0.15, -0.1) is 0 Å². The maximum Gasteiger partial charge on any atom is 0.159 e. The molecular weight excluding hydrogens is 192 g/mol. The van der Waals surface area contributed by atoms with Crippen LogP contribution in [0.4, 0.5) is 0 Å². The van der Waals surface area contributed by atoms with Crippen LogP contribution in [0, 0.1) is 0 Å². The number of carbonyl (C=O) groups excluding carboxylic acids is 1. The fourth-order valence-corrected chi connectivity index (χ4v) is 0.798. The van der Waals surface area contributed by atoms with Crippen molar-refractivity contribution in [3.8, 4) is 0 Å². The first-order valence-corrected chi connectivity index (χ1v) is 3.59. The molecule has 10 heavy (non-hydrogen) atoms. The number of benzene rings is 1. The molecule has 0 unspecified atom stereocenters. The lowest BCUT2D eigenvalue weighted by Crippen LogP contribution is -1.89. The van der Waals surface area contributed by atoms with Crippen LogP contribution in [0.5, 0.6) is 0 Å². The van der Waals surface area contributed by atoms with Crippen molar-refractivity contribution in [1.29, 1.82) is 0 Å². The highest BCUT2D eigenvalue weighted by atomic mass is 79.9. The predicted molar refractivity (Wildman–Crippen MR) is 44.1 cm³/mol. The minimum atomic E-state index is -0.238. The van der Waals surface area contributed by atoms with Crippen LogP contribution in [0.1, 0.15) is 20.0 Å². The minimum Gasteiger partial charge on any atom is -0.295 e. The van der Waals surface area contributed by atoms with Crippen LogP contribution in [0.2, 0.25) is 0 Å². The largest absolute Gasteiger partial charge is 0.295 e. The Bertz CT molecular complexity index is 313. The number of hydrogen-bond donors (Lipinski definition) is 0. The van der Waals surface area contributed by atoms with Crippen molar-refractivity contribution in [2.45, 2.75) is 6.92 Å². The summed E-state index contributed by atoms with van der Waals surface area (Å²) in [6, 6.07) is 3.22. The van der Waals surface area contributed by atoms with Crippen LogP contribution in [0.25, 0.3) is 0 Å². The summed E-state index contributed by atoms with van der Waals surface area (Å²) in [7, 11) is 0. The molecular formula is C8H7BrO. The van der Waals surface area contributed by atoms with Crippen molar-refractivity contribution in [2.75, 3.05) is 0 Å². The molecule has 0 spiro atoms. The van der Waals surface area contributed by atoms with Gasteiger partial charge in [0.25, 0.3) is 0 Å². The Morgan fingerprint density at radius 1 is 1.60 bits per heavy atom. The van der Waals surface area contributed by atoms with E-state index in [1.54, 1.807) is 0 Å². The Hall–Kier alpha value is -0.630. The van der Waals surface area contributed by atoms with E-state index in [-0.39, 0.29) is 23.4 Å². The van der Waals surface area contributed by atoms with Gasteiger partial charge in [-0.1, -0.05) is 28.0 Å². The number of hydrogen-bond acceptors (Lipinski definition) is 1. The summed E-state index contributed by atoms with van der Waals surface area (Å²) in [5.41, 5.74) is 0.179. The van der Waals surface area contributed by atoms with Crippen molar-refractivity contribution in [1.82, 2.24) is 0 Å². The molecule has 52 valence electrons. The molecule has 0 aromatic heterocycles. The lowest BCUT2D eigenvalue weighted by atomic mass is 10.2. The van der Waals surface area contributed by atoms with Crippen LogP contribution >= 0.6 is 15.9 Å². The molecule has 0 saturated carbocycles. The van der Waals surface area contributed by atoms with Gasteiger partial charge in [-0.25, -0.2) is 0 Å². The molecule has 0 saturated heterocycles. The van der Waals surface area contributed by atoms with Gasteiger partial charge in [-0.2, -0.15) is 0 Å². The van der Waals surface area contributed by atoms with Crippen LogP contribution in [0.3, 0.4) is 0 Å². The van der Waals surface area contributed by atoms with Crippen molar-refractivity contribution >= 4 is 21.7 Å². The maximum atomic E-state index is 10.9. The fraction of sp³-hybridized carbons (Fsp3) is 0.125. The third-order valence-electron chi connectivity index (χ3n) is 1.06. The van der Waals surface area contributed by atoms with E-state index < -0.39 is 0 Å².